The Morgan fingerprint density at radius 2 is 1.89 bits per heavy atom. The summed E-state index contributed by atoms with van der Waals surface area (Å²) in [5, 5.41) is 2.88. The SMILES string of the molecule is CN(CC(=O)NC1CC1)C(=O)CCCCCCN. The second kappa shape index (κ2) is 8.08. The number of carbonyl (C=O) groups excluding carboxylic acids is 2. The summed E-state index contributed by atoms with van der Waals surface area (Å²) in [6.45, 7) is 0.896. The molecule has 1 aliphatic carbocycles. The lowest BCUT2D eigenvalue weighted by molar-refractivity contribution is -0.134. The van der Waals surface area contributed by atoms with Crippen molar-refractivity contribution in [2.45, 2.75) is 51.0 Å². The number of nitrogens with one attached hydrogen (secondary N) is 1. The third-order valence-corrected chi connectivity index (χ3v) is 3.09. The summed E-state index contributed by atoms with van der Waals surface area (Å²) in [4.78, 5) is 24.8. The average Bonchev–Trinajstić information content (AvgIpc) is 3.12. The van der Waals surface area contributed by atoms with Gasteiger partial charge in [0.1, 0.15) is 0 Å². The Labute approximate surface area is 109 Å². The van der Waals surface area contributed by atoms with Crippen molar-refractivity contribution in [3.8, 4) is 0 Å². The highest BCUT2D eigenvalue weighted by Crippen LogP contribution is 2.18. The van der Waals surface area contributed by atoms with Gasteiger partial charge in [-0.05, 0) is 32.2 Å². The van der Waals surface area contributed by atoms with E-state index in [2.05, 4.69) is 5.32 Å². The van der Waals surface area contributed by atoms with Crippen LogP contribution in [0.3, 0.4) is 0 Å². The molecule has 1 aliphatic rings. The minimum absolute atomic E-state index is 0.0449. The zero-order valence-electron chi connectivity index (χ0n) is 11.3. The lowest BCUT2D eigenvalue weighted by Crippen LogP contribution is -2.39. The Hall–Kier alpha value is -1.10. The number of amides is 2. The molecule has 0 heterocycles. The van der Waals surface area contributed by atoms with E-state index >= 15 is 0 Å². The third kappa shape index (κ3) is 6.59. The van der Waals surface area contributed by atoms with Crippen LogP contribution in [0.4, 0.5) is 0 Å². The van der Waals surface area contributed by atoms with Crippen molar-refractivity contribution in [1.29, 1.82) is 0 Å². The van der Waals surface area contributed by atoms with Crippen LogP contribution in [0.1, 0.15) is 44.9 Å². The summed E-state index contributed by atoms with van der Waals surface area (Å²) in [7, 11) is 1.69. The summed E-state index contributed by atoms with van der Waals surface area (Å²) in [5.41, 5.74) is 5.40. The molecule has 1 saturated carbocycles. The van der Waals surface area contributed by atoms with Crippen molar-refractivity contribution in [2.24, 2.45) is 5.73 Å². The van der Waals surface area contributed by atoms with Crippen LogP contribution in [0.2, 0.25) is 0 Å². The smallest absolute Gasteiger partial charge is 0.239 e. The number of carbonyl (C=O) groups is 2. The molecule has 3 N–H and O–H groups in total. The maximum absolute atomic E-state index is 11.7. The standard InChI is InChI=1S/C13H25N3O2/c1-16(10-12(17)15-11-7-8-11)13(18)6-4-2-3-5-9-14/h11H,2-10,14H2,1H3,(H,15,17). The van der Waals surface area contributed by atoms with Crippen LogP contribution in [0.15, 0.2) is 0 Å². The summed E-state index contributed by atoms with van der Waals surface area (Å²) in [5.74, 6) is 0.00479. The molecule has 1 rings (SSSR count). The number of nitrogens with zero attached hydrogens (tertiary/aromatic N) is 1. The van der Waals surface area contributed by atoms with Gasteiger partial charge in [-0.15, -0.1) is 0 Å². The molecule has 0 aromatic heterocycles. The first-order chi connectivity index (χ1) is 8.63. The quantitative estimate of drug-likeness (QED) is 0.593. The van der Waals surface area contributed by atoms with Crippen LogP contribution in [-0.4, -0.2) is 42.9 Å². The molecule has 0 unspecified atom stereocenters. The predicted molar refractivity (Wildman–Crippen MR) is 70.9 cm³/mol. The second-order valence-electron chi connectivity index (χ2n) is 5.04. The largest absolute Gasteiger partial charge is 0.352 e. The van der Waals surface area contributed by atoms with Gasteiger partial charge >= 0.3 is 0 Å². The van der Waals surface area contributed by atoms with Gasteiger partial charge in [0.2, 0.25) is 11.8 Å². The fraction of sp³-hybridized carbons (Fsp3) is 0.846. The minimum Gasteiger partial charge on any atom is -0.352 e. The van der Waals surface area contributed by atoms with Gasteiger partial charge in [0.25, 0.3) is 0 Å². The summed E-state index contributed by atoms with van der Waals surface area (Å²) in [6, 6.07) is 0.359. The predicted octanol–water partition coefficient (Wildman–Crippen LogP) is 0.633. The van der Waals surface area contributed by atoms with Gasteiger partial charge < -0.3 is 16.0 Å². The molecule has 2 amide bonds. The molecule has 1 fully saturated rings. The average molecular weight is 255 g/mol. The second-order valence-corrected chi connectivity index (χ2v) is 5.04. The zero-order valence-corrected chi connectivity index (χ0v) is 11.3. The molecule has 18 heavy (non-hydrogen) atoms. The number of rotatable bonds is 9. The molecule has 5 nitrogen and oxygen atoms in total. The number of nitrogens with two attached hydrogens (primary N) is 1. The van der Waals surface area contributed by atoms with E-state index in [1.54, 1.807) is 7.05 Å². The molecule has 5 heteroatoms. The molecule has 0 spiro atoms. The van der Waals surface area contributed by atoms with Crippen molar-refractivity contribution in [3.63, 3.8) is 0 Å². The Morgan fingerprint density at radius 3 is 2.50 bits per heavy atom. The van der Waals surface area contributed by atoms with Crippen molar-refractivity contribution >= 4 is 11.8 Å². The summed E-state index contributed by atoms with van der Waals surface area (Å²) < 4.78 is 0. The van der Waals surface area contributed by atoms with E-state index < -0.39 is 0 Å². The van der Waals surface area contributed by atoms with Crippen molar-refractivity contribution in [2.75, 3.05) is 20.1 Å². The van der Waals surface area contributed by atoms with Gasteiger partial charge in [-0.3, -0.25) is 9.59 Å². The maximum atomic E-state index is 11.7. The Kier molecular flexibility index (Phi) is 6.72. The highest BCUT2D eigenvalue weighted by molar-refractivity contribution is 5.84. The molecule has 0 aromatic carbocycles. The lowest BCUT2D eigenvalue weighted by Gasteiger charge is -2.16. The maximum Gasteiger partial charge on any atom is 0.239 e. The molecule has 0 saturated heterocycles. The molecule has 0 atom stereocenters. The fourth-order valence-corrected chi connectivity index (χ4v) is 1.77. The normalized spacial score (nSPS) is 14.3. The number of hydrogen-bond acceptors (Lipinski definition) is 3. The summed E-state index contributed by atoms with van der Waals surface area (Å²) >= 11 is 0. The van der Waals surface area contributed by atoms with Gasteiger partial charge in [-0.1, -0.05) is 12.8 Å². The summed E-state index contributed by atoms with van der Waals surface area (Å²) in [6.07, 6.45) is 6.69. The first-order valence-corrected chi connectivity index (χ1v) is 6.87. The van der Waals surface area contributed by atoms with Gasteiger partial charge in [0.15, 0.2) is 0 Å². The van der Waals surface area contributed by atoms with Gasteiger partial charge in [-0.25, -0.2) is 0 Å². The number of unbranched alkanes of at least 4 members (excludes halogenated alkanes) is 3. The first-order valence-electron chi connectivity index (χ1n) is 6.87. The van der Waals surface area contributed by atoms with Gasteiger partial charge in [0.05, 0.1) is 6.54 Å². The first kappa shape index (κ1) is 15.0. The van der Waals surface area contributed by atoms with E-state index in [-0.39, 0.29) is 18.4 Å². The zero-order chi connectivity index (χ0) is 13.4. The Bertz CT molecular complexity index is 277. The molecule has 0 aromatic rings. The third-order valence-electron chi connectivity index (χ3n) is 3.09. The molecular formula is C13H25N3O2. The Balaban J connectivity index is 2.05. The Morgan fingerprint density at radius 1 is 1.22 bits per heavy atom. The van der Waals surface area contributed by atoms with E-state index in [9.17, 15) is 9.59 Å². The van der Waals surface area contributed by atoms with Crippen LogP contribution in [0.25, 0.3) is 0 Å². The fourth-order valence-electron chi connectivity index (χ4n) is 1.77. The molecule has 104 valence electrons. The minimum atomic E-state index is -0.0449. The van der Waals surface area contributed by atoms with E-state index in [0.29, 0.717) is 12.5 Å². The van der Waals surface area contributed by atoms with Gasteiger partial charge in [0, 0.05) is 19.5 Å². The van der Waals surface area contributed by atoms with Crippen molar-refractivity contribution in [3.05, 3.63) is 0 Å². The lowest BCUT2D eigenvalue weighted by atomic mass is 10.1. The molecular weight excluding hydrogens is 230 g/mol. The highest BCUT2D eigenvalue weighted by Gasteiger charge is 2.24. The molecule has 0 bridgehead atoms. The monoisotopic (exact) mass is 255 g/mol. The van der Waals surface area contributed by atoms with Crippen LogP contribution in [0.5, 0.6) is 0 Å². The molecule has 0 aliphatic heterocycles. The molecule has 0 radical (unpaired) electrons. The van der Waals surface area contributed by atoms with E-state index in [1.165, 1.54) is 4.90 Å². The van der Waals surface area contributed by atoms with Crippen LogP contribution < -0.4 is 11.1 Å². The number of likely N-dealkylation sites (N-methyl/N-ethyl adjacent to an activating group) is 1. The van der Waals surface area contributed by atoms with Crippen LogP contribution in [0, 0.1) is 0 Å². The van der Waals surface area contributed by atoms with E-state index in [1.807, 2.05) is 0 Å². The highest BCUT2D eigenvalue weighted by atomic mass is 16.2. The van der Waals surface area contributed by atoms with E-state index in [0.717, 1.165) is 45.1 Å². The van der Waals surface area contributed by atoms with Crippen LogP contribution >= 0.6 is 0 Å². The van der Waals surface area contributed by atoms with Crippen LogP contribution in [-0.2, 0) is 9.59 Å². The topological polar surface area (TPSA) is 75.4 Å². The van der Waals surface area contributed by atoms with E-state index in [4.69, 9.17) is 5.73 Å². The number of hydrogen-bond donors (Lipinski definition) is 2. The van der Waals surface area contributed by atoms with Gasteiger partial charge in [-0.2, -0.15) is 0 Å². The van der Waals surface area contributed by atoms with Crippen molar-refractivity contribution in [1.82, 2.24) is 10.2 Å². The van der Waals surface area contributed by atoms with Crippen molar-refractivity contribution < 1.29 is 9.59 Å².